The number of nitrogens with zero attached hydrogens (tertiary/aromatic N) is 2. The Balaban J connectivity index is 2.54. The Labute approximate surface area is 93.9 Å². The van der Waals surface area contributed by atoms with E-state index in [-0.39, 0.29) is 0 Å². The topological polar surface area (TPSA) is 43.3 Å². The van der Waals surface area contributed by atoms with E-state index in [2.05, 4.69) is 22.4 Å². The molecule has 2 heterocycles. The van der Waals surface area contributed by atoms with Crippen LogP contribution in [0.4, 0.5) is 0 Å². The molecule has 0 unspecified atom stereocenters. The highest BCUT2D eigenvalue weighted by Gasteiger charge is 2.09. The lowest BCUT2D eigenvalue weighted by Crippen LogP contribution is -2.04. The fourth-order valence-electron chi connectivity index (χ4n) is 1.77. The fraction of sp³-hybridized carbons (Fsp3) is 0.364. The summed E-state index contributed by atoms with van der Waals surface area (Å²) in [5.74, 6) is 0.999. The molecule has 2 aromatic heterocycles. The van der Waals surface area contributed by atoms with Crippen LogP contribution >= 0.6 is 11.6 Å². The zero-order valence-corrected chi connectivity index (χ0v) is 9.46. The number of halogens is 1. The Bertz CT molecular complexity index is 476. The first-order valence-electron chi connectivity index (χ1n) is 5.06. The summed E-state index contributed by atoms with van der Waals surface area (Å²) in [6.07, 6.45) is 1.80. The van der Waals surface area contributed by atoms with Crippen LogP contribution in [0.15, 0.2) is 18.2 Å². The molecule has 15 heavy (non-hydrogen) atoms. The van der Waals surface area contributed by atoms with Gasteiger partial charge in [0.2, 0.25) is 0 Å². The second kappa shape index (κ2) is 4.21. The Hall–Kier alpha value is -1.06. The van der Waals surface area contributed by atoms with Crippen LogP contribution in [-0.2, 0) is 6.42 Å². The summed E-state index contributed by atoms with van der Waals surface area (Å²) < 4.78 is 2.10. The van der Waals surface area contributed by atoms with Crippen molar-refractivity contribution in [3.05, 3.63) is 34.9 Å². The molecule has 2 N–H and O–H groups in total. The predicted octanol–water partition coefficient (Wildman–Crippen LogP) is 2.19. The normalized spacial score (nSPS) is 11.1. The number of nitrogens with two attached hydrogens (primary N) is 1. The van der Waals surface area contributed by atoms with Gasteiger partial charge < -0.3 is 5.73 Å². The number of pyridine rings is 1. The Morgan fingerprint density at radius 1 is 1.47 bits per heavy atom. The average molecular weight is 224 g/mol. The van der Waals surface area contributed by atoms with E-state index in [1.807, 2.05) is 12.1 Å². The summed E-state index contributed by atoms with van der Waals surface area (Å²) in [7, 11) is 0. The number of fused-ring (bicyclic) bond motifs is 1. The van der Waals surface area contributed by atoms with Crippen LogP contribution in [0.25, 0.3) is 5.52 Å². The number of aryl methyl sites for hydroxylation is 2. The van der Waals surface area contributed by atoms with Crippen molar-refractivity contribution in [1.29, 1.82) is 0 Å². The summed E-state index contributed by atoms with van der Waals surface area (Å²) >= 11 is 6.07. The minimum absolute atomic E-state index is 0.575. The van der Waals surface area contributed by atoms with Crippen molar-refractivity contribution in [1.82, 2.24) is 9.38 Å². The van der Waals surface area contributed by atoms with Gasteiger partial charge in [-0.15, -0.1) is 0 Å². The van der Waals surface area contributed by atoms with Crippen LogP contribution in [0, 0.1) is 6.92 Å². The van der Waals surface area contributed by atoms with Gasteiger partial charge in [0.05, 0.1) is 5.52 Å². The van der Waals surface area contributed by atoms with E-state index in [9.17, 15) is 0 Å². The van der Waals surface area contributed by atoms with Gasteiger partial charge in [0.25, 0.3) is 0 Å². The zero-order valence-electron chi connectivity index (χ0n) is 8.70. The summed E-state index contributed by atoms with van der Waals surface area (Å²) in [4.78, 5) is 4.36. The summed E-state index contributed by atoms with van der Waals surface area (Å²) in [5, 5.41) is 0.575. The molecule has 0 aliphatic carbocycles. The van der Waals surface area contributed by atoms with Crippen molar-refractivity contribution in [2.75, 3.05) is 6.54 Å². The van der Waals surface area contributed by atoms with Crippen LogP contribution in [0.1, 0.15) is 17.9 Å². The standard InChI is InChI=1S/C11H14ClN3/c1-8-4-2-5-9-11(12)14-10(15(8)9)6-3-7-13/h2,4-5H,3,6-7,13H2,1H3. The van der Waals surface area contributed by atoms with Crippen molar-refractivity contribution in [2.24, 2.45) is 5.73 Å². The minimum atomic E-state index is 0.575. The van der Waals surface area contributed by atoms with E-state index in [0.717, 1.165) is 29.9 Å². The van der Waals surface area contributed by atoms with Gasteiger partial charge in [-0.25, -0.2) is 4.98 Å². The number of hydrogen-bond donors (Lipinski definition) is 1. The van der Waals surface area contributed by atoms with Gasteiger partial charge in [0.1, 0.15) is 5.82 Å². The molecule has 0 saturated carbocycles. The first kappa shape index (κ1) is 10.5. The second-order valence-electron chi connectivity index (χ2n) is 3.60. The lowest BCUT2D eigenvalue weighted by molar-refractivity contribution is 0.772. The third-order valence-corrected chi connectivity index (χ3v) is 2.76. The largest absolute Gasteiger partial charge is 0.330 e. The van der Waals surface area contributed by atoms with Crippen molar-refractivity contribution in [3.63, 3.8) is 0 Å². The van der Waals surface area contributed by atoms with E-state index in [4.69, 9.17) is 17.3 Å². The minimum Gasteiger partial charge on any atom is -0.330 e. The number of rotatable bonds is 3. The highest BCUT2D eigenvalue weighted by molar-refractivity contribution is 6.32. The molecule has 0 atom stereocenters. The monoisotopic (exact) mass is 223 g/mol. The molecule has 0 aliphatic heterocycles. The fourth-order valence-corrected chi connectivity index (χ4v) is 2.01. The van der Waals surface area contributed by atoms with Gasteiger partial charge >= 0.3 is 0 Å². The second-order valence-corrected chi connectivity index (χ2v) is 3.96. The molecule has 0 aliphatic rings. The Morgan fingerprint density at radius 3 is 3.00 bits per heavy atom. The van der Waals surface area contributed by atoms with E-state index in [1.54, 1.807) is 0 Å². The molecular formula is C11H14ClN3. The molecule has 2 aromatic rings. The maximum atomic E-state index is 6.07. The Morgan fingerprint density at radius 2 is 2.27 bits per heavy atom. The molecule has 0 fully saturated rings. The maximum absolute atomic E-state index is 6.07. The predicted molar refractivity (Wildman–Crippen MR) is 62.3 cm³/mol. The van der Waals surface area contributed by atoms with E-state index >= 15 is 0 Å². The molecular weight excluding hydrogens is 210 g/mol. The van der Waals surface area contributed by atoms with Gasteiger partial charge in [-0.2, -0.15) is 0 Å². The van der Waals surface area contributed by atoms with Crippen molar-refractivity contribution in [2.45, 2.75) is 19.8 Å². The molecule has 2 rings (SSSR count). The van der Waals surface area contributed by atoms with E-state index in [1.165, 1.54) is 0 Å². The van der Waals surface area contributed by atoms with Gasteiger partial charge in [-0.3, -0.25) is 4.40 Å². The SMILES string of the molecule is Cc1cccc2c(Cl)nc(CCCN)n12. The highest BCUT2D eigenvalue weighted by Crippen LogP contribution is 2.20. The summed E-state index contributed by atoms with van der Waals surface area (Å²) in [5.41, 5.74) is 7.62. The molecule has 0 spiro atoms. The van der Waals surface area contributed by atoms with Gasteiger partial charge in [-0.05, 0) is 32.0 Å². The van der Waals surface area contributed by atoms with E-state index in [0.29, 0.717) is 11.7 Å². The molecule has 4 heteroatoms. The van der Waals surface area contributed by atoms with Crippen molar-refractivity contribution < 1.29 is 0 Å². The van der Waals surface area contributed by atoms with Crippen LogP contribution in [0.3, 0.4) is 0 Å². The number of aromatic nitrogens is 2. The zero-order chi connectivity index (χ0) is 10.8. The van der Waals surface area contributed by atoms with Gasteiger partial charge in [-0.1, -0.05) is 17.7 Å². The van der Waals surface area contributed by atoms with Crippen LogP contribution in [0.5, 0.6) is 0 Å². The number of hydrogen-bond acceptors (Lipinski definition) is 2. The summed E-state index contributed by atoms with van der Waals surface area (Å²) in [6, 6.07) is 6.02. The molecule has 0 amide bonds. The van der Waals surface area contributed by atoms with Crippen LogP contribution in [0.2, 0.25) is 5.15 Å². The third kappa shape index (κ3) is 1.85. The molecule has 3 nitrogen and oxygen atoms in total. The molecule has 0 radical (unpaired) electrons. The molecule has 80 valence electrons. The maximum Gasteiger partial charge on any atom is 0.155 e. The van der Waals surface area contributed by atoms with Gasteiger partial charge in [0.15, 0.2) is 5.15 Å². The number of imidazole rings is 1. The quantitative estimate of drug-likeness (QED) is 0.867. The lowest BCUT2D eigenvalue weighted by Gasteiger charge is -2.03. The summed E-state index contributed by atoms with van der Waals surface area (Å²) in [6.45, 7) is 2.73. The Kier molecular flexibility index (Phi) is 2.93. The third-order valence-electron chi connectivity index (χ3n) is 2.49. The average Bonchev–Trinajstić information content (AvgIpc) is 2.55. The molecule has 0 aromatic carbocycles. The van der Waals surface area contributed by atoms with Crippen molar-refractivity contribution in [3.8, 4) is 0 Å². The van der Waals surface area contributed by atoms with Crippen LogP contribution in [-0.4, -0.2) is 15.9 Å². The molecule has 0 bridgehead atoms. The van der Waals surface area contributed by atoms with Gasteiger partial charge in [0, 0.05) is 12.1 Å². The first-order valence-corrected chi connectivity index (χ1v) is 5.44. The first-order chi connectivity index (χ1) is 7.24. The van der Waals surface area contributed by atoms with E-state index < -0.39 is 0 Å². The molecule has 0 saturated heterocycles. The highest BCUT2D eigenvalue weighted by atomic mass is 35.5. The van der Waals surface area contributed by atoms with Crippen molar-refractivity contribution >= 4 is 17.1 Å². The van der Waals surface area contributed by atoms with Crippen LogP contribution < -0.4 is 5.73 Å². The lowest BCUT2D eigenvalue weighted by atomic mass is 10.3. The smallest absolute Gasteiger partial charge is 0.155 e.